The number of hydrogen-bond acceptors (Lipinski definition) is 3. The van der Waals surface area contributed by atoms with Crippen LogP contribution in [0.1, 0.15) is 26.3 Å². The molecule has 0 bridgehead atoms. The Morgan fingerprint density at radius 2 is 1.90 bits per heavy atom. The fourth-order valence-corrected chi connectivity index (χ4v) is 1.81. The van der Waals surface area contributed by atoms with E-state index in [2.05, 4.69) is 5.32 Å². The van der Waals surface area contributed by atoms with Gasteiger partial charge >= 0.3 is 0 Å². The quantitative estimate of drug-likeness (QED) is 0.837. The molecule has 2 amide bonds. The van der Waals surface area contributed by atoms with Gasteiger partial charge in [0, 0.05) is 13.6 Å². The van der Waals surface area contributed by atoms with E-state index in [-0.39, 0.29) is 11.8 Å². The lowest BCUT2D eigenvalue weighted by Gasteiger charge is -2.27. The van der Waals surface area contributed by atoms with Crippen LogP contribution in [0.5, 0.6) is 0 Å². The minimum Gasteiger partial charge on any atom is -0.344 e. The number of nitrogens with zero attached hydrogens (tertiary/aromatic N) is 1. The van der Waals surface area contributed by atoms with E-state index in [9.17, 15) is 9.59 Å². The minimum absolute atomic E-state index is 0.135. The van der Waals surface area contributed by atoms with Crippen molar-refractivity contribution in [2.45, 2.75) is 32.4 Å². The van der Waals surface area contributed by atoms with Crippen LogP contribution in [0, 0.1) is 0 Å². The van der Waals surface area contributed by atoms with Crippen LogP contribution in [0.2, 0.25) is 0 Å². The summed E-state index contributed by atoms with van der Waals surface area (Å²) in [6.07, 6.45) is 0. The Morgan fingerprint density at radius 3 is 2.40 bits per heavy atom. The lowest BCUT2D eigenvalue weighted by molar-refractivity contribution is -0.136. The first-order valence-corrected chi connectivity index (χ1v) is 6.71. The number of amides is 2. The monoisotopic (exact) mass is 277 g/mol. The lowest BCUT2D eigenvalue weighted by Crippen LogP contribution is -2.54. The van der Waals surface area contributed by atoms with Crippen LogP contribution in [0.4, 0.5) is 0 Å². The molecular weight excluding hydrogens is 254 g/mol. The number of rotatable bonds is 5. The third-order valence-corrected chi connectivity index (χ3v) is 3.41. The molecule has 2 unspecified atom stereocenters. The number of likely N-dealkylation sites (N-methyl/N-ethyl adjacent to an activating group) is 1. The van der Waals surface area contributed by atoms with Gasteiger partial charge in [-0.3, -0.25) is 9.59 Å². The van der Waals surface area contributed by atoms with Crippen molar-refractivity contribution < 1.29 is 9.59 Å². The first kappa shape index (κ1) is 16.2. The van der Waals surface area contributed by atoms with Gasteiger partial charge in [0.1, 0.15) is 11.6 Å². The van der Waals surface area contributed by atoms with Gasteiger partial charge in [-0.25, -0.2) is 0 Å². The maximum Gasteiger partial charge on any atom is 0.245 e. The van der Waals surface area contributed by atoms with Crippen LogP contribution >= 0.6 is 0 Å². The predicted molar refractivity (Wildman–Crippen MR) is 78.9 cm³/mol. The maximum atomic E-state index is 12.3. The van der Waals surface area contributed by atoms with E-state index < -0.39 is 11.6 Å². The Balaban J connectivity index is 2.78. The van der Waals surface area contributed by atoms with Crippen LogP contribution in [-0.4, -0.2) is 36.3 Å². The topological polar surface area (TPSA) is 75.4 Å². The highest BCUT2D eigenvalue weighted by Crippen LogP contribution is 2.17. The van der Waals surface area contributed by atoms with E-state index in [4.69, 9.17) is 5.73 Å². The first-order chi connectivity index (χ1) is 9.30. The molecule has 0 aliphatic carbocycles. The van der Waals surface area contributed by atoms with Crippen molar-refractivity contribution in [3.63, 3.8) is 0 Å². The SMILES string of the molecule is CCN(C)C(=O)C(C)NC(=O)C(C)(N)c1ccccc1. The molecule has 1 rings (SSSR count). The Morgan fingerprint density at radius 1 is 1.35 bits per heavy atom. The zero-order chi connectivity index (χ0) is 15.3. The number of hydrogen-bond donors (Lipinski definition) is 2. The molecule has 0 aromatic heterocycles. The first-order valence-electron chi connectivity index (χ1n) is 6.71. The van der Waals surface area contributed by atoms with Gasteiger partial charge in [0.25, 0.3) is 0 Å². The van der Waals surface area contributed by atoms with Crippen molar-refractivity contribution in [3.05, 3.63) is 35.9 Å². The molecule has 3 N–H and O–H groups in total. The van der Waals surface area contributed by atoms with Crippen LogP contribution < -0.4 is 11.1 Å². The van der Waals surface area contributed by atoms with E-state index in [1.807, 2.05) is 25.1 Å². The second kappa shape index (κ2) is 6.52. The molecule has 0 saturated heterocycles. The number of carbonyl (C=O) groups is 2. The number of carbonyl (C=O) groups excluding carboxylic acids is 2. The molecule has 5 nitrogen and oxygen atoms in total. The van der Waals surface area contributed by atoms with Gasteiger partial charge in [-0.1, -0.05) is 30.3 Å². The summed E-state index contributed by atoms with van der Waals surface area (Å²) < 4.78 is 0. The number of nitrogens with two attached hydrogens (primary N) is 1. The molecule has 0 fully saturated rings. The molecule has 0 saturated carbocycles. The molecule has 0 heterocycles. The normalized spacial score (nSPS) is 15.1. The maximum absolute atomic E-state index is 12.3. The summed E-state index contributed by atoms with van der Waals surface area (Å²) >= 11 is 0. The molecule has 0 aliphatic rings. The summed E-state index contributed by atoms with van der Waals surface area (Å²) in [5.41, 5.74) is 5.64. The molecule has 5 heteroatoms. The molecule has 0 radical (unpaired) electrons. The van der Waals surface area contributed by atoms with Crippen molar-refractivity contribution in [2.24, 2.45) is 5.73 Å². The van der Waals surface area contributed by atoms with E-state index in [1.54, 1.807) is 37.9 Å². The molecule has 0 spiro atoms. The van der Waals surface area contributed by atoms with Gasteiger partial charge in [0.15, 0.2) is 0 Å². The lowest BCUT2D eigenvalue weighted by atomic mass is 9.92. The summed E-state index contributed by atoms with van der Waals surface area (Å²) in [5, 5.41) is 2.68. The van der Waals surface area contributed by atoms with Crippen molar-refractivity contribution >= 4 is 11.8 Å². The van der Waals surface area contributed by atoms with Crippen LogP contribution in [0.25, 0.3) is 0 Å². The number of nitrogens with one attached hydrogen (secondary N) is 1. The molecule has 20 heavy (non-hydrogen) atoms. The summed E-state index contributed by atoms with van der Waals surface area (Å²) in [6, 6.07) is 8.51. The van der Waals surface area contributed by atoms with Gasteiger partial charge < -0.3 is 16.0 Å². The summed E-state index contributed by atoms with van der Waals surface area (Å²) in [5.74, 6) is -0.501. The van der Waals surface area contributed by atoms with Gasteiger partial charge in [0.2, 0.25) is 11.8 Å². The average molecular weight is 277 g/mol. The van der Waals surface area contributed by atoms with Gasteiger partial charge in [-0.05, 0) is 26.3 Å². The van der Waals surface area contributed by atoms with Crippen molar-refractivity contribution in [2.75, 3.05) is 13.6 Å². The smallest absolute Gasteiger partial charge is 0.245 e. The summed E-state index contributed by atoms with van der Waals surface area (Å²) in [4.78, 5) is 25.8. The fraction of sp³-hybridized carbons (Fsp3) is 0.467. The second-order valence-corrected chi connectivity index (χ2v) is 5.12. The zero-order valence-corrected chi connectivity index (χ0v) is 12.5. The van der Waals surface area contributed by atoms with Crippen LogP contribution in [-0.2, 0) is 15.1 Å². The third-order valence-electron chi connectivity index (χ3n) is 3.41. The molecule has 2 atom stereocenters. The third kappa shape index (κ3) is 3.57. The molecular formula is C15H23N3O2. The number of benzene rings is 1. The fourth-order valence-electron chi connectivity index (χ4n) is 1.81. The van der Waals surface area contributed by atoms with Crippen molar-refractivity contribution in [3.8, 4) is 0 Å². The Bertz CT molecular complexity index is 471. The second-order valence-electron chi connectivity index (χ2n) is 5.12. The van der Waals surface area contributed by atoms with Crippen molar-refractivity contribution in [1.82, 2.24) is 10.2 Å². The summed E-state index contributed by atoms with van der Waals surface area (Å²) in [6.45, 7) is 5.77. The average Bonchev–Trinajstić information content (AvgIpc) is 2.46. The van der Waals surface area contributed by atoms with Crippen molar-refractivity contribution in [1.29, 1.82) is 0 Å². The molecule has 110 valence electrons. The highest BCUT2D eigenvalue weighted by Gasteiger charge is 2.32. The van der Waals surface area contributed by atoms with E-state index in [0.29, 0.717) is 12.1 Å². The van der Waals surface area contributed by atoms with E-state index in [1.165, 1.54) is 0 Å². The Kier molecular flexibility index (Phi) is 5.27. The highest BCUT2D eigenvalue weighted by atomic mass is 16.2. The Hall–Kier alpha value is -1.88. The minimum atomic E-state index is -1.17. The van der Waals surface area contributed by atoms with Gasteiger partial charge in [-0.2, -0.15) is 0 Å². The van der Waals surface area contributed by atoms with Gasteiger partial charge in [0.05, 0.1) is 0 Å². The van der Waals surface area contributed by atoms with E-state index >= 15 is 0 Å². The molecule has 1 aromatic carbocycles. The standard InChI is InChI=1S/C15H23N3O2/c1-5-18(4)13(19)11(2)17-14(20)15(3,16)12-9-7-6-8-10-12/h6-11H,5,16H2,1-4H3,(H,17,20). The molecule has 1 aromatic rings. The summed E-state index contributed by atoms with van der Waals surface area (Å²) in [7, 11) is 1.70. The predicted octanol–water partition coefficient (Wildman–Crippen LogP) is 0.844. The van der Waals surface area contributed by atoms with Gasteiger partial charge in [-0.15, -0.1) is 0 Å². The largest absolute Gasteiger partial charge is 0.344 e. The Labute approximate surface area is 120 Å². The zero-order valence-electron chi connectivity index (χ0n) is 12.5. The van der Waals surface area contributed by atoms with Crippen LogP contribution in [0.15, 0.2) is 30.3 Å². The molecule has 0 aliphatic heterocycles. The van der Waals surface area contributed by atoms with E-state index in [0.717, 1.165) is 0 Å². The van der Waals surface area contributed by atoms with Crippen LogP contribution in [0.3, 0.4) is 0 Å². The highest BCUT2D eigenvalue weighted by molar-refractivity contribution is 5.92.